The molecule has 0 heterocycles. The molecule has 0 aromatic heterocycles. The van der Waals surface area contributed by atoms with E-state index in [4.69, 9.17) is 9.47 Å². The Labute approximate surface area is 178 Å². The zero-order valence-electron chi connectivity index (χ0n) is 16.7. The van der Waals surface area contributed by atoms with Crippen LogP contribution >= 0.6 is 0 Å². The Morgan fingerprint density at radius 3 is 2.26 bits per heavy atom. The fraction of sp³-hybridized carbons (Fsp3) is 0.160. The lowest BCUT2D eigenvalue weighted by Gasteiger charge is -2.14. The first kappa shape index (κ1) is 20.4. The van der Waals surface area contributed by atoms with E-state index < -0.39 is 17.7 Å². The van der Waals surface area contributed by atoms with E-state index in [9.17, 15) is 13.6 Å². The largest absolute Gasteiger partial charge is 0.494 e. The number of methoxy groups -OCH3 is 1. The van der Waals surface area contributed by atoms with Gasteiger partial charge in [0.2, 0.25) is 5.82 Å². The average molecular weight is 419 g/mol. The fourth-order valence-corrected chi connectivity index (χ4v) is 3.69. The molecule has 0 bridgehead atoms. The van der Waals surface area contributed by atoms with E-state index in [1.54, 1.807) is 0 Å². The van der Waals surface area contributed by atoms with E-state index in [0.717, 1.165) is 22.3 Å². The molecule has 0 radical (unpaired) electrons. The Morgan fingerprint density at radius 2 is 1.61 bits per heavy atom. The number of carbonyl (C=O) groups excluding carboxylic acids is 1. The van der Waals surface area contributed by atoms with Crippen molar-refractivity contribution >= 4 is 6.09 Å². The van der Waals surface area contributed by atoms with E-state index in [-0.39, 0.29) is 30.4 Å². The van der Waals surface area contributed by atoms with Crippen molar-refractivity contribution in [2.24, 2.45) is 0 Å². The van der Waals surface area contributed by atoms with Crippen molar-refractivity contribution in [2.75, 3.05) is 20.3 Å². The van der Waals surface area contributed by atoms with Crippen LogP contribution in [0, 0.1) is 23.5 Å². The van der Waals surface area contributed by atoms with Gasteiger partial charge in [0.05, 0.1) is 19.2 Å². The van der Waals surface area contributed by atoms with Gasteiger partial charge < -0.3 is 14.8 Å². The van der Waals surface area contributed by atoms with E-state index in [1.807, 2.05) is 36.4 Å². The molecular formula is C25H19F2NO3. The van der Waals surface area contributed by atoms with Gasteiger partial charge in [0.1, 0.15) is 6.61 Å². The first-order chi connectivity index (χ1) is 15.1. The Hall–Kier alpha value is -3.85. The van der Waals surface area contributed by atoms with Gasteiger partial charge in [-0.3, -0.25) is 0 Å². The number of carbonyl (C=O) groups is 1. The smallest absolute Gasteiger partial charge is 0.407 e. The van der Waals surface area contributed by atoms with Crippen LogP contribution in [0.1, 0.15) is 22.6 Å². The van der Waals surface area contributed by atoms with Crippen LogP contribution in [-0.4, -0.2) is 26.4 Å². The second kappa shape index (κ2) is 8.88. The van der Waals surface area contributed by atoms with Gasteiger partial charge >= 0.3 is 6.09 Å². The summed E-state index contributed by atoms with van der Waals surface area (Å²) in [5, 5.41) is 2.51. The number of benzene rings is 3. The predicted octanol–water partition coefficient (Wildman–Crippen LogP) is 4.86. The molecule has 0 atom stereocenters. The zero-order valence-corrected chi connectivity index (χ0v) is 16.7. The van der Waals surface area contributed by atoms with Crippen molar-refractivity contribution in [1.82, 2.24) is 5.32 Å². The van der Waals surface area contributed by atoms with Crippen molar-refractivity contribution in [3.8, 4) is 28.7 Å². The lowest BCUT2D eigenvalue weighted by atomic mass is 9.98. The number of alkyl carbamates (subject to hydrolysis) is 1. The topological polar surface area (TPSA) is 47.6 Å². The number of hydrogen-bond donors (Lipinski definition) is 1. The molecule has 0 aliphatic heterocycles. The van der Waals surface area contributed by atoms with Gasteiger partial charge in [0.15, 0.2) is 11.6 Å². The van der Waals surface area contributed by atoms with Crippen molar-refractivity contribution in [2.45, 2.75) is 5.92 Å². The number of fused-ring (bicyclic) bond motifs is 3. The minimum Gasteiger partial charge on any atom is -0.494 e. The fourth-order valence-electron chi connectivity index (χ4n) is 3.69. The Bertz CT molecular complexity index is 1150. The molecule has 3 aromatic carbocycles. The summed E-state index contributed by atoms with van der Waals surface area (Å²) in [5.74, 6) is 2.66. The van der Waals surface area contributed by atoms with Crippen LogP contribution in [0.15, 0.2) is 60.7 Å². The van der Waals surface area contributed by atoms with Crippen molar-refractivity contribution < 1.29 is 23.0 Å². The molecule has 31 heavy (non-hydrogen) atoms. The average Bonchev–Trinajstić information content (AvgIpc) is 3.12. The van der Waals surface area contributed by atoms with Gasteiger partial charge in [0.25, 0.3) is 0 Å². The number of halogens is 2. The highest BCUT2D eigenvalue weighted by Gasteiger charge is 2.28. The van der Waals surface area contributed by atoms with Crippen LogP contribution in [-0.2, 0) is 4.74 Å². The predicted molar refractivity (Wildman–Crippen MR) is 113 cm³/mol. The molecule has 0 saturated heterocycles. The molecule has 4 rings (SSSR count). The number of hydrogen-bond acceptors (Lipinski definition) is 3. The van der Waals surface area contributed by atoms with Crippen molar-refractivity contribution in [1.29, 1.82) is 0 Å². The Balaban J connectivity index is 1.35. The molecule has 0 spiro atoms. The highest BCUT2D eigenvalue weighted by Crippen LogP contribution is 2.44. The third-order valence-electron chi connectivity index (χ3n) is 5.15. The maximum absolute atomic E-state index is 13.9. The quantitative estimate of drug-likeness (QED) is 0.614. The highest BCUT2D eigenvalue weighted by atomic mass is 19.2. The standard InChI is InChI=1S/C25H19F2NO3/c1-30-22-13-12-16(23(26)24(22)27)7-6-14-28-25(29)31-15-21-19-10-4-2-8-17(19)18-9-3-5-11-20(18)21/h2-5,8-13,21H,14-15H2,1H3,(H,28,29). The van der Waals surface area contributed by atoms with Gasteiger partial charge in [-0.2, -0.15) is 4.39 Å². The summed E-state index contributed by atoms with van der Waals surface area (Å²) < 4.78 is 37.7. The van der Waals surface area contributed by atoms with Crippen LogP contribution in [0.3, 0.4) is 0 Å². The summed E-state index contributed by atoms with van der Waals surface area (Å²) in [6.45, 7) is 0.120. The van der Waals surface area contributed by atoms with Crippen LogP contribution in [0.2, 0.25) is 0 Å². The minimum absolute atomic E-state index is 0.0411. The first-order valence-electron chi connectivity index (χ1n) is 9.70. The van der Waals surface area contributed by atoms with Gasteiger partial charge in [0, 0.05) is 5.92 Å². The molecule has 1 amide bonds. The number of rotatable bonds is 4. The molecule has 4 nitrogen and oxygen atoms in total. The summed E-state index contributed by atoms with van der Waals surface area (Å²) in [7, 11) is 1.25. The summed E-state index contributed by atoms with van der Waals surface area (Å²) in [6.07, 6.45) is -0.627. The minimum atomic E-state index is -1.10. The molecular weight excluding hydrogens is 400 g/mol. The first-order valence-corrected chi connectivity index (χ1v) is 9.70. The molecule has 3 aromatic rings. The Morgan fingerprint density at radius 1 is 0.968 bits per heavy atom. The third kappa shape index (κ3) is 4.08. The molecule has 0 unspecified atom stereocenters. The van der Waals surface area contributed by atoms with Crippen LogP contribution in [0.4, 0.5) is 13.6 Å². The van der Waals surface area contributed by atoms with Crippen molar-refractivity contribution in [3.63, 3.8) is 0 Å². The second-order valence-corrected chi connectivity index (χ2v) is 6.92. The molecule has 1 N–H and O–H groups in total. The van der Waals surface area contributed by atoms with E-state index >= 15 is 0 Å². The summed E-state index contributed by atoms with van der Waals surface area (Å²) in [6, 6.07) is 18.7. The lowest BCUT2D eigenvalue weighted by molar-refractivity contribution is 0.144. The summed E-state index contributed by atoms with van der Waals surface area (Å²) in [5.41, 5.74) is 4.41. The zero-order chi connectivity index (χ0) is 21.8. The normalized spacial score (nSPS) is 11.7. The van der Waals surface area contributed by atoms with Gasteiger partial charge in [-0.1, -0.05) is 60.4 Å². The molecule has 6 heteroatoms. The third-order valence-corrected chi connectivity index (χ3v) is 5.15. The second-order valence-electron chi connectivity index (χ2n) is 6.92. The van der Waals surface area contributed by atoms with Crippen LogP contribution in [0.25, 0.3) is 11.1 Å². The number of ether oxygens (including phenoxy) is 2. The summed E-state index contributed by atoms with van der Waals surface area (Å²) >= 11 is 0. The van der Waals surface area contributed by atoms with E-state index in [0.29, 0.717) is 0 Å². The van der Waals surface area contributed by atoms with Gasteiger partial charge in [-0.25, -0.2) is 9.18 Å². The van der Waals surface area contributed by atoms with Gasteiger partial charge in [-0.15, -0.1) is 0 Å². The van der Waals surface area contributed by atoms with Crippen LogP contribution < -0.4 is 10.1 Å². The molecule has 1 aliphatic rings. The Kier molecular flexibility index (Phi) is 5.85. The molecule has 0 fully saturated rings. The highest BCUT2D eigenvalue weighted by molar-refractivity contribution is 5.79. The van der Waals surface area contributed by atoms with E-state index in [1.165, 1.54) is 19.2 Å². The van der Waals surface area contributed by atoms with E-state index in [2.05, 4.69) is 29.3 Å². The maximum atomic E-state index is 13.9. The summed E-state index contributed by atoms with van der Waals surface area (Å²) in [4.78, 5) is 12.1. The maximum Gasteiger partial charge on any atom is 0.407 e. The monoisotopic (exact) mass is 419 g/mol. The van der Waals surface area contributed by atoms with Crippen LogP contribution in [0.5, 0.6) is 5.75 Å². The number of nitrogens with one attached hydrogen (secondary N) is 1. The van der Waals surface area contributed by atoms with Gasteiger partial charge in [-0.05, 0) is 34.4 Å². The molecule has 156 valence electrons. The molecule has 0 saturated carbocycles. The SMILES string of the molecule is COc1ccc(C#CCNC(=O)OCC2c3ccccc3-c3ccccc32)c(F)c1F. The number of amides is 1. The lowest BCUT2D eigenvalue weighted by Crippen LogP contribution is -2.26. The molecule has 1 aliphatic carbocycles. The van der Waals surface area contributed by atoms with Crippen molar-refractivity contribution in [3.05, 3.63) is 89.0 Å².